The quantitative estimate of drug-likeness (QED) is 0.782. The number of para-hydroxylation sites is 1. The van der Waals surface area contributed by atoms with Crippen LogP contribution in [0.2, 0.25) is 0 Å². The summed E-state index contributed by atoms with van der Waals surface area (Å²) in [6.07, 6.45) is 0.324. The number of carbonyl (C=O) groups is 2. The lowest BCUT2D eigenvalue weighted by molar-refractivity contribution is -0.133. The van der Waals surface area contributed by atoms with E-state index < -0.39 is 0 Å². The number of hydrogen-bond donors (Lipinski definition) is 1. The van der Waals surface area contributed by atoms with Gasteiger partial charge in [0.2, 0.25) is 11.8 Å². The van der Waals surface area contributed by atoms with Crippen molar-refractivity contribution in [1.29, 1.82) is 0 Å². The molecule has 0 saturated carbocycles. The summed E-state index contributed by atoms with van der Waals surface area (Å²) in [5, 5.41) is 4.83. The lowest BCUT2D eigenvalue weighted by atomic mass is 10.1. The Morgan fingerprint density at radius 1 is 1.07 bits per heavy atom. The lowest BCUT2D eigenvalue weighted by Gasteiger charge is -2.34. The highest BCUT2D eigenvalue weighted by molar-refractivity contribution is 7.07. The maximum atomic E-state index is 12.5. The van der Waals surface area contributed by atoms with Gasteiger partial charge in [0, 0.05) is 55.9 Å². The lowest BCUT2D eigenvalue weighted by Crippen LogP contribution is -2.50. The first-order valence-corrected chi connectivity index (χ1v) is 10.7. The zero-order valence-electron chi connectivity index (χ0n) is 17.2. The molecule has 2 amide bonds. The van der Waals surface area contributed by atoms with Crippen molar-refractivity contribution in [3.8, 4) is 0 Å². The number of aromatic nitrogens is 1. The number of rotatable bonds is 6. The topological polar surface area (TPSA) is 74.7 Å². The summed E-state index contributed by atoms with van der Waals surface area (Å²) in [5.74, 6) is 0.0246. The van der Waals surface area contributed by atoms with E-state index in [4.69, 9.17) is 0 Å². The number of anilines is 1. The SMILES string of the molecule is Cc1cccc(C)c1NC(=O)CN1CCN(C(=O)CCn2c(C)csc2=O)CC1. The molecule has 0 aliphatic carbocycles. The van der Waals surface area contributed by atoms with Gasteiger partial charge in [-0.15, -0.1) is 0 Å². The number of benzene rings is 1. The molecule has 2 aromatic rings. The number of piperazine rings is 1. The number of carbonyl (C=O) groups excluding carboxylic acids is 2. The molecule has 7 nitrogen and oxygen atoms in total. The van der Waals surface area contributed by atoms with Gasteiger partial charge in [-0.25, -0.2) is 0 Å². The Hall–Kier alpha value is -2.45. The summed E-state index contributed by atoms with van der Waals surface area (Å²) < 4.78 is 1.65. The van der Waals surface area contributed by atoms with Crippen LogP contribution in [0.5, 0.6) is 0 Å². The first-order valence-electron chi connectivity index (χ1n) is 9.86. The standard InChI is InChI=1S/C21H28N4O3S/c1-15-5-4-6-16(2)20(15)22-18(26)13-23-9-11-24(12-10-23)19(27)7-8-25-17(3)14-29-21(25)28/h4-6,14H,7-13H2,1-3H3,(H,22,26). The zero-order valence-corrected chi connectivity index (χ0v) is 18.1. The summed E-state index contributed by atoms with van der Waals surface area (Å²) in [7, 11) is 0. The molecular weight excluding hydrogens is 388 g/mol. The first-order chi connectivity index (χ1) is 13.8. The Morgan fingerprint density at radius 3 is 2.31 bits per heavy atom. The summed E-state index contributed by atoms with van der Waals surface area (Å²) in [6.45, 7) is 9.14. The summed E-state index contributed by atoms with van der Waals surface area (Å²) >= 11 is 1.16. The van der Waals surface area contributed by atoms with Crippen molar-refractivity contribution in [2.75, 3.05) is 38.0 Å². The maximum absolute atomic E-state index is 12.5. The minimum absolute atomic E-state index is 0.0185. The Bertz CT molecular complexity index is 921. The molecule has 29 heavy (non-hydrogen) atoms. The van der Waals surface area contributed by atoms with Gasteiger partial charge in [-0.3, -0.25) is 19.3 Å². The Kier molecular flexibility index (Phi) is 6.87. The molecule has 3 rings (SSSR count). The molecule has 1 aromatic carbocycles. The molecule has 0 spiro atoms. The molecule has 2 heterocycles. The molecule has 1 aromatic heterocycles. The average molecular weight is 417 g/mol. The molecule has 1 aliphatic rings. The van der Waals surface area contributed by atoms with Crippen molar-refractivity contribution in [3.63, 3.8) is 0 Å². The second-order valence-corrected chi connectivity index (χ2v) is 8.34. The molecule has 1 N–H and O–H groups in total. The number of thiazole rings is 1. The van der Waals surface area contributed by atoms with Crippen molar-refractivity contribution in [2.24, 2.45) is 0 Å². The number of nitrogens with zero attached hydrogens (tertiary/aromatic N) is 3. The molecule has 0 atom stereocenters. The molecule has 0 radical (unpaired) electrons. The van der Waals surface area contributed by atoms with Gasteiger partial charge in [0.05, 0.1) is 6.54 Å². The van der Waals surface area contributed by atoms with Crippen LogP contribution in [0.25, 0.3) is 0 Å². The van der Waals surface area contributed by atoms with Gasteiger partial charge in [-0.05, 0) is 31.9 Å². The van der Waals surface area contributed by atoms with Crippen LogP contribution in [0.3, 0.4) is 0 Å². The molecule has 0 unspecified atom stereocenters. The van der Waals surface area contributed by atoms with Crippen molar-refractivity contribution in [2.45, 2.75) is 33.7 Å². The third-order valence-electron chi connectivity index (χ3n) is 5.36. The van der Waals surface area contributed by atoms with E-state index >= 15 is 0 Å². The van der Waals surface area contributed by atoms with Crippen molar-refractivity contribution in [1.82, 2.24) is 14.4 Å². The number of hydrogen-bond acceptors (Lipinski definition) is 5. The van der Waals surface area contributed by atoms with Crippen LogP contribution in [0.15, 0.2) is 28.4 Å². The fraction of sp³-hybridized carbons (Fsp3) is 0.476. The largest absolute Gasteiger partial charge is 0.340 e. The maximum Gasteiger partial charge on any atom is 0.307 e. The van der Waals surface area contributed by atoms with Gasteiger partial charge in [0.15, 0.2) is 0 Å². The summed E-state index contributed by atoms with van der Waals surface area (Å²) in [5.41, 5.74) is 3.88. The second kappa shape index (κ2) is 9.37. The van der Waals surface area contributed by atoms with Gasteiger partial charge in [0.25, 0.3) is 0 Å². The minimum atomic E-state index is -0.0329. The van der Waals surface area contributed by atoms with Crippen LogP contribution >= 0.6 is 11.3 Å². The Balaban J connectivity index is 1.44. The van der Waals surface area contributed by atoms with Gasteiger partial charge < -0.3 is 14.8 Å². The highest BCUT2D eigenvalue weighted by Gasteiger charge is 2.22. The third-order valence-corrected chi connectivity index (χ3v) is 6.24. The Morgan fingerprint density at radius 2 is 1.72 bits per heavy atom. The molecule has 1 saturated heterocycles. The third kappa shape index (κ3) is 5.33. The number of aryl methyl sites for hydroxylation is 3. The van der Waals surface area contributed by atoms with Crippen LogP contribution in [-0.2, 0) is 16.1 Å². The van der Waals surface area contributed by atoms with E-state index in [0.29, 0.717) is 45.7 Å². The fourth-order valence-corrected chi connectivity index (χ4v) is 4.35. The number of nitrogens with one attached hydrogen (secondary N) is 1. The molecule has 8 heteroatoms. The molecular formula is C21H28N4O3S. The van der Waals surface area contributed by atoms with E-state index in [0.717, 1.165) is 33.8 Å². The van der Waals surface area contributed by atoms with E-state index in [1.807, 2.05) is 49.3 Å². The monoisotopic (exact) mass is 416 g/mol. The molecule has 156 valence electrons. The minimum Gasteiger partial charge on any atom is -0.340 e. The second-order valence-electron chi connectivity index (χ2n) is 7.52. The van der Waals surface area contributed by atoms with Gasteiger partial charge >= 0.3 is 4.87 Å². The van der Waals surface area contributed by atoms with Gasteiger partial charge in [-0.1, -0.05) is 29.5 Å². The van der Waals surface area contributed by atoms with Crippen LogP contribution in [0, 0.1) is 20.8 Å². The van der Waals surface area contributed by atoms with Crippen LogP contribution in [0.1, 0.15) is 23.2 Å². The number of amides is 2. The predicted octanol–water partition coefficient (Wildman–Crippen LogP) is 2.01. The highest BCUT2D eigenvalue weighted by atomic mass is 32.1. The summed E-state index contributed by atoms with van der Waals surface area (Å²) in [6, 6.07) is 5.95. The molecule has 0 bridgehead atoms. The average Bonchev–Trinajstić information content (AvgIpc) is 3.01. The van der Waals surface area contributed by atoms with E-state index in [1.165, 1.54) is 0 Å². The van der Waals surface area contributed by atoms with Crippen LogP contribution < -0.4 is 10.2 Å². The van der Waals surface area contributed by atoms with Crippen LogP contribution in [-0.4, -0.2) is 58.9 Å². The normalized spacial score (nSPS) is 14.8. The van der Waals surface area contributed by atoms with Crippen molar-refractivity contribution >= 4 is 28.8 Å². The van der Waals surface area contributed by atoms with Crippen molar-refractivity contribution in [3.05, 3.63) is 50.1 Å². The first kappa shape index (κ1) is 21.3. The summed E-state index contributed by atoms with van der Waals surface area (Å²) in [4.78, 5) is 40.5. The highest BCUT2D eigenvalue weighted by Crippen LogP contribution is 2.19. The molecule has 1 fully saturated rings. The van der Waals surface area contributed by atoms with E-state index in [-0.39, 0.29) is 16.7 Å². The van der Waals surface area contributed by atoms with E-state index in [1.54, 1.807) is 4.57 Å². The smallest absolute Gasteiger partial charge is 0.307 e. The van der Waals surface area contributed by atoms with Crippen molar-refractivity contribution < 1.29 is 9.59 Å². The Labute approximate surface area is 174 Å². The molecule has 1 aliphatic heterocycles. The zero-order chi connectivity index (χ0) is 21.0. The van der Waals surface area contributed by atoms with Crippen LogP contribution in [0.4, 0.5) is 5.69 Å². The fourth-order valence-electron chi connectivity index (χ4n) is 3.59. The van der Waals surface area contributed by atoms with E-state index in [2.05, 4.69) is 10.2 Å². The van der Waals surface area contributed by atoms with E-state index in [9.17, 15) is 14.4 Å². The van der Waals surface area contributed by atoms with Gasteiger partial charge in [-0.2, -0.15) is 0 Å². The predicted molar refractivity (Wildman–Crippen MR) is 115 cm³/mol. The van der Waals surface area contributed by atoms with Gasteiger partial charge in [0.1, 0.15) is 0 Å².